The number of ether oxygens (including phenoxy) is 9. The quantitative estimate of drug-likeness (QED) is 0.0248. The molecule has 0 aliphatic rings. The maximum atomic E-state index is 11.7. The van der Waals surface area contributed by atoms with E-state index < -0.39 is 52.5 Å². The van der Waals surface area contributed by atoms with Crippen LogP contribution in [0.1, 0.15) is 48.6 Å². The number of esters is 3. The predicted molar refractivity (Wildman–Crippen MR) is 267 cm³/mol. The molecule has 3 heterocycles. The van der Waals surface area contributed by atoms with Gasteiger partial charge in [0.1, 0.15) is 91.8 Å². The summed E-state index contributed by atoms with van der Waals surface area (Å²) in [4.78, 5) is 46.2. The van der Waals surface area contributed by atoms with Crippen LogP contribution in [0.4, 0.5) is 0 Å². The summed E-state index contributed by atoms with van der Waals surface area (Å²) in [7, 11) is -5.34. The lowest BCUT2D eigenvalue weighted by Gasteiger charge is -2.23. The van der Waals surface area contributed by atoms with Crippen LogP contribution in [0.15, 0.2) is 97.1 Å². The third-order valence-corrected chi connectivity index (χ3v) is 10.2. The Morgan fingerprint density at radius 3 is 1.23 bits per heavy atom. The summed E-state index contributed by atoms with van der Waals surface area (Å²) in [6.45, 7) is 1.89. The Kier molecular flexibility index (Phi) is 21.1. The number of carbonyl (C=O) groups is 3. The van der Waals surface area contributed by atoms with Crippen molar-refractivity contribution in [2.45, 2.75) is 34.0 Å². The van der Waals surface area contributed by atoms with Crippen LogP contribution in [0.5, 0.6) is 52.5 Å². The number of rotatable bonds is 27. The number of carbonyl (C=O) groups excluding carboxylic acids is 3. The summed E-state index contributed by atoms with van der Waals surface area (Å²) in [5.41, 5.74) is 0.800. The standard InChI is InChI=1S/C50H45B3N6O18/c1-31(62)67-18-21-70-48-34(26-54)4-15-45(57-48)73-40-9-7-39(8-10-40)51(65)76-53(44-14-12-42(25-38(44)30-61)75-47-17-6-36(28-56)50(59-47)72-23-20-69-33(3)64)77-52(66)43-13-11-41(24-37(43)29-60)74-46-16-5-35(27-55)49(58-46)71-22-19-68-32(2)63/h4-17,24-25,60-61,65-66H,18-23,29-30H2,1-3H3. The van der Waals surface area contributed by atoms with Gasteiger partial charge in [0.15, 0.2) is 0 Å². The van der Waals surface area contributed by atoms with Crippen LogP contribution < -0.4 is 44.8 Å². The molecule has 0 aliphatic heterocycles. The third kappa shape index (κ3) is 16.9. The Bertz CT molecular complexity index is 3170. The van der Waals surface area contributed by atoms with Crippen molar-refractivity contribution < 1.29 is 86.4 Å². The van der Waals surface area contributed by atoms with Crippen LogP contribution in [-0.4, -0.2) is 114 Å². The zero-order valence-electron chi connectivity index (χ0n) is 41.3. The summed E-state index contributed by atoms with van der Waals surface area (Å²) in [5.74, 6) is -1.25. The molecule has 0 bridgehead atoms. The van der Waals surface area contributed by atoms with Gasteiger partial charge in [-0.15, -0.1) is 0 Å². The van der Waals surface area contributed by atoms with Gasteiger partial charge in [-0.3, -0.25) is 14.4 Å². The van der Waals surface area contributed by atoms with Gasteiger partial charge in [-0.05, 0) is 82.1 Å². The van der Waals surface area contributed by atoms with Crippen molar-refractivity contribution >= 4 is 55.7 Å². The number of hydrogen-bond donors (Lipinski definition) is 4. The minimum absolute atomic E-state index is 0.00914. The van der Waals surface area contributed by atoms with E-state index in [9.17, 15) is 50.4 Å². The molecule has 6 rings (SSSR count). The largest absolute Gasteiger partial charge is 0.478 e. The number of hydrogen-bond acceptors (Lipinski definition) is 24. The molecule has 392 valence electrons. The molecular weight excluding hydrogens is 1010 g/mol. The maximum absolute atomic E-state index is 11.7. The second-order valence-electron chi connectivity index (χ2n) is 15.6. The van der Waals surface area contributed by atoms with Gasteiger partial charge < -0.3 is 72.0 Å². The number of nitriles is 3. The first-order valence-electron chi connectivity index (χ1n) is 23.0. The normalized spacial score (nSPS) is 10.4. The monoisotopic (exact) mass is 1050 g/mol. The van der Waals surface area contributed by atoms with E-state index >= 15 is 0 Å². The average molecular weight is 1050 g/mol. The summed E-state index contributed by atoms with van der Waals surface area (Å²) in [6.07, 6.45) is 0. The molecule has 3 aromatic heterocycles. The fourth-order valence-electron chi connectivity index (χ4n) is 6.66. The highest BCUT2D eigenvalue weighted by molar-refractivity contribution is 6.79. The SMILES string of the molecule is CC(=O)OCCOc1nc(Oc2ccc(B(O)OB(OB(O)c3ccc(Oc4ccc(C#N)c(OCCOC(C)=O)n4)cc3CO)c3ccc(Oc4ccc(C#N)c(OCCOC(C)=O)n4)cc3CO)cc2)ccc1C#N. The van der Waals surface area contributed by atoms with Crippen LogP contribution in [0, 0.1) is 34.0 Å². The molecular formula is C50H45B3N6O18. The third-order valence-electron chi connectivity index (χ3n) is 10.2. The smallest absolute Gasteiger partial charge is 0.473 e. The number of benzene rings is 3. The Balaban J connectivity index is 1.25. The van der Waals surface area contributed by atoms with Crippen LogP contribution in [0.3, 0.4) is 0 Å². The molecule has 6 aromatic rings. The average Bonchev–Trinajstić information content (AvgIpc) is 3.42. The van der Waals surface area contributed by atoms with Crippen LogP contribution in [0.2, 0.25) is 0 Å². The van der Waals surface area contributed by atoms with Crippen molar-refractivity contribution in [1.29, 1.82) is 15.8 Å². The molecule has 0 atom stereocenters. The van der Waals surface area contributed by atoms with Gasteiger partial charge in [-0.2, -0.15) is 30.7 Å². The Morgan fingerprint density at radius 1 is 0.481 bits per heavy atom. The highest BCUT2D eigenvalue weighted by Gasteiger charge is 2.36. The molecule has 0 saturated carbocycles. The number of aliphatic hydroxyl groups is 2. The second-order valence-corrected chi connectivity index (χ2v) is 15.6. The molecule has 3 aromatic carbocycles. The second kappa shape index (κ2) is 28.4. The zero-order chi connectivity index (χ0) is 55.3. The molecule has 0 amide bonds. The number of pyridine rings is 3. The fourth-order valence-corrected chi connectivity index (χ4v) is 6.66. The van der Waals surface area contributed by atoms with E-state index in [0.29, 0.717) is 0 Å². The number of nitrogens with zero attached hydrogens (tertiary/aromatic N) is 6. The number of aliphatic hydroxyl groups excluding tert-OH is 2. The Hall–Kier alpha value is -9.26. The first-order chi connectivity index (χ1) is 37.2. The first-order valence-corrected chi connectivity index (χ1v) is 23.0. The lowest BCUT2D eigenvalue weighted by molar-refractivity contribution is -0.142. The molecule has 0 spiro atoms. The lowest BCUT2D eigenvalue weighted by atomic mass is 9.65. The van der Waals surface area contributed by atoms with Gasteiger partial charge in [0.25, 0.3) is 0 Å². The van der Waals surface area contributed by atoms with Crippen molar-refractivity contribution in [3.05, 3.63) is 125 Å². The summed E-state index contributed by atoms with van der Waals surface area (Å²) in [6, 6.07) is 28.8. The van der Waals surface area contributed by atoms with E-state index in [1.165, 1.54) is 118 Å². The van der Waals surface area contributed by atoms with Gasteiger partial charge in [0.2, 0.25) is 35.3 Å². The fraction of sp³-hybridized carbons (Fsp3) is 0.220. The van der Waals surface area contributed by atoms with Gasteiger partial charge in [-0.25, -0.2) is 0 Å². The van der Waals surface area contributed by atoms with E-state index in [1.54, 1.807) is 0 Å². The Labute approximate surface area is 440 Å². The number of aromatic nitrogens is 3. The molecule has 27 heteroatoms. The van der Waals surface area contributed by atoms with Gasteiger partial charge in [0.05, 0.1) is 13.2 Å². The summed E-state index contributed by atoms with van der Waals surface area (Å²) in [5, 5.41) is 73.2. The highest BCUT2D eigenvalue weighted by atomic mass is 16.6. The first kappa shape index (κ1) is 57.0. The molecule has 0 fully saturated rings. The predicted octanol–water partition coefficient (Wildman–Crippen LogP) is 2.18. The maximum Gasteiger partial charge on any atom is 0.478 e. The van der Waals surface area contributed by atoms with Crippen LogP contribution in [0.25, 0.3) is 0 Å². The molecule has 0 saturated heterocycles. The van der Waals surface area contributed by atoms with Crippen molar-refractivity contribution in [1.82, 2.24) is 15.0 Å². The van der Waals surface area contributed by atoms with E-state index in [-0.39, 0.29) is 136 Å². The lowest BCUT2D eigenvalue weighted by Crippen LogP contribution is -2.52. The van der Waals surface area contributed by atoms with E-state index in [1.807, 2.05) is 18.2 Å². The van der Waals surface area contributed by atoms with Crippen molar-refractivity contribution in [2.75, 3.05) is 39.6 Å². The van der Waals surface area contributed by atoms with Gasteiger partial charge in [0, 0.05) is 39.0 Å². The van der Waals surface area contributed by atoms with E-state index in [2.05, 4.69) is 15.0 Å². The molecule has 77 heavy (non-hydrogen) atoms. The summed E-state index contributed by atoms with van der Waals surface area (Å²) < 4.78 is 61.1. The zero-order valence-corrected chi connectivity index (χ0v) is 41.3. The molecule has 0 unspecified atom stereocenters. The molecule has 0 aliphatic carbocycles. The summed E-state index contributed by atoms with van der Waals surface area (Å²) >= 11 is 0. The Morgan fingerprint density at radius 2 is 0.844 bits per heavy atom. The minimum atomic E-state index is -1.88. The van der Waals surface area contributed by atoms with Crippen LogP contribution in [-0.2, 0) is 51.0 Å². The van der Waals surface area contributed by atoms with Gasteiger partial charge >= 0.3 is 39.3 Å². The van der Waals surface area contributed by atoms with Crippen LogP contribution >= 0.6 is 0 Å². The topological polar surface area (TPSA) is 344 Å². The minimum Gasteiger partial charge on any atom is -0.473 e. The molecule has 24 nitrogen and oxygen atoms in total. The van der Waals surface area contributed by atoms with Crippen molar-refractivity contribution in [2.24, 2.45) is 0 Å². The van der Waals surface area contributed by atoms with E-state index in [4.69, 9.17) is 51.8 Å². The van der Waals surface area contributed by atoms with Crippen molar-refractivity contribution in [3.63, 3.8) is 0 Å². The van der Waals surface area contributed by atoms with Gasteiger partial charge in [-0.1, -0.05) is 24.3 Å². The van der Waals surface area contributed by atoms with Crippen molar-refractivity contribution in [3.8, 4) is 70.7 Å². The highest BCUT2D eigenvalue weighted by Crippen LogP contribution is 2.28. The molecule has 4 N–H and O–H groups in total. The molecule has 0 radical (unpaired) electrons. The van der Waals surface area contributed by atoms with E-state index in [0.717, 1.165) is 0 Å².